The first-order valence-corrected chi connectivity index (χ1v) is 18.1. The van der Waals surface area contributed by atoms with Gasteiger partial charge >= 0.3 is 18.2 Å². The summed E-state index contributed by atoms with van der Waals surface area (Å²) >= 11 is 0. The van der Waals surface area contributed by atoms with Crippen LogP contribution in [0.3, 0.4) is 0 Å². The molecule has 6 rings (SSSR count). The summed E-state index contributed by atoms with van der Waals surface area (Å²) in [5.74, 6) is -2.92. The molecule has 2 N–H and O–H groups in total. The van der Waals surface area contributed by atoms with Gasteiger partial charge in [0, 0.05) is 12.1 Å². The molecule has 5 aromatic rings. The lowest BCUT2D eigenvalue weighted by Gasteiger charge is -2.43. The molecule has 2 atom stereocenters. The normalized spacial score (nSPS) is 14.4. The van der Waals surface area contributed by atoms with Crippen molar-refractivity contribution >= 4 is 35.9 Å². The van der Waals surface area contributed by atoms with Crippen molar-refractivity contribution in [2.45, 2.75) is 38.7 Å². The number of nitrogens with zero attached hydrogens (tertiary/aromatic N) is 2. The molecule has 0 aromatic heterocycles. The molecule has 4 amide bonds. The Morgan fingerprint density at radius 2 is 1.02 bits per heavy atom. The van der Waals surface area contributed by atoms with Crippen molar-refractivity contribution in [3.05, 3.63) is 168 Å². The summed E-state index contributed by atoms with van der Waals surface area (Å²) in [4.78, 5) is 71.4. The molecular formula is C44H40N4O8. The molecule has 1 aliphatic rings. The number of β-lactam (4-membered cyclic amide) rings is 1. The maximum absolute atomic E-state index is 13.7. The fourth-order valence-electron chi connectivity index (χ4n) is 6.04. The van der Waals surface area contributed by atoms with Gasteiger partial charge in [0.15, 0.2) is 0 Å². The SMILES string of the molecule is O=C(NC(=NCCC[C@H]1C(=O)N(C(=O)c2ccc(-c3ccccc3)cc2)C1C(=O)OCc1ccccc1)NC(=O)OCc1ccccc1)OCc1ccccc1. The Kier molecular flexibility index (Phi) is 13.3. The van der Waals surface area contributed by atoms with Crippen LogP contribution in [0.5, 0.6) is 0 Å². The molecule has 0 aliphatic carbocycles. The Bertz CT molecular complexity index is 2070. The molecule has 1 unspecified atom stereocenters. The van der Waals surface area contributed by atoms with Gasteiger partial charge in [0.25, 0.3) is 5.91 Å². The second kappa shape index (κ2) is 19.3. The van der Waals surface area contributed by atoms with Gasteiger partial charge in [0.05, 0.1) is 5.92 Å². The van der Waals surface area contributed by atoms with Gasteiger partial charge in [-0.15, -0.1) is 0 Å². The Morgan fingerprint density at radius 3 is 1.52 bits per heavy atom. The Morgan fingerprint density at radius 1 is 0.571 bits per heavy atom. The zero-order chi connectivity index (χ0) is 39.1. The molecule has 0 radical (unpaired) electrons. The maximum atomic E-state index is 13.7. The predicted molar refractivity (Wildman–Crippen MR) is 208 cm³/mol. The zero-order valence-electron chi connectivity index (χ0n) is 30.4. The van der Waals surface area contributed by atoms with E-state index < -0.39 is 41.9 Å². The summed E-state index contributed by atoms with van der Waals surface area (Å²) < 4.78 is 16.2. The molecule has 12 heteroatoms. The average Bonchev–Trinajstić information content (AvgIpc) is 3.24. The number of carbonyl (C=O) groups is 5. The number of aliphatic imine (C=N–C) groups is 1. The number of guanidine groups is 1. The molecule has 5 aromatic carbocycles. The lowest BCUT2D eigenvalue weighted by molar-refractivity contribution is -0.171. The first kappa shape index (κ1) is 38.6. The topological polar surface area (TPSA) is 153 Å². The summed E-state index contributed by atoms with van der Waals surface area (Å²) in [5.41, 5.74) is 4.39. The third-order valence-electron chi connectivity index (χ3n) is 8.95. The average molecular weight is 753 g/mol. The van der Waals surface area contributed by atoms with Crippen molar-refractivity contribution in [2.75, 3.05) is 6.54 Å². The number of esters is 1. The summed E-state index contributed by atoms with van der Waals surface area (Å²) in [5, 5.41) is 4.88. The van der Waals surface area contributed by atoms with E-state index in [4.69, 9.17) is 14.2 Å². The number of carbonyl (C=O) groups excluding carboxylic acids is 5. The Hall–Kier alpha value is -7.08. The summed E-state index contributed by atoms with van der Waals surface area (Å²) in [7, 11) is 0. The number of hydrogen-bond donors (Lipinski definition) is 2. The lowest BCUT2D eigenvalue weighted by Crippen LogP contribution is -2.66. The van der Waals surface area contributed by atoms with Crippen LogP contribution in [0.2, 0.25) is 0 Å². The largest absolute Gasteiger partial charge is 0.459 e. The standard InChI is InChI=1S/C44H40N4O8/c49-39(36-25-23-35(24-26-36)34-20-11-4-12-21-34)48-38(41(51)54-28-31-14-5-1-6-15-31)37(40(48)50)22-13-27-45-42(46-43(52)55-29-32-16-7-2-8-17-32)47-44(53)56-30-33-18-9-3-10-19-33/h1-12,14-21,23-26,37-38H,13,22,27-30H2,(H2,45,46,47,52,53)/t37-,38?/m1/s1. The van der Waals surface area contributed by atoms with Gasteiger partial charge in [-0.1, -0.05) is 133 Å². The number of likely N-dealkylation sites (tertiary alicyclic amines) is 1. The van der Waals surface area contributed by atoms with Crippen molar-refractivity contribution < 1.29 is 38.2 Å². The van der Waals surface area contributed by atoms with E-state index in [0.717, 1.165) is 32.7 Å². The van der Waals surface area contributed by atoms with E-state index in [1.165, 1.54) is 0 Å². The van der Waals surface area contributed by atoms with Crippen LogP contribution in [0.1, 0.15) is 39.9 Å². The number of nitrogens with one attached hydrogen (secondary N) is 2. The number of hydrogen-bond acceptors (Lipinski definition) is 9. The summed E-state index contributed by atoms with van der Waals surface area (Å²) in [6, 6.07) is 42.5. The van der Waals surface area contributed by atoms with Gasteiger partial charge in [0.1, 0.15) is 25.9 Å². The van der Waals surface area contributed by atoms with Crippen LogP contribution in [0.25, 0.3) is 11.1 Å². The Labute approximate surface area is 324 Å². The van der Waals surface area contributed by atoms with Crippen molar-refractivity contribution in [3.63, 3.8) is 0 Å². The molecular weight excluding hydrogens is 713 g/mol. The molecule has 1 heterocycles. The van der Waals surface area contributed by atoms with Crippen LogP contribution in [0.4, 0.5) is 9.59 Å². The number of ether oxygens (including phenoxy) is 3. The minimum Gasteiger partial charge on any atom is -0.459 e. The number of alkyl carbamates (subject to hydrolysis) is 2. The van der Waals surface area contributed by atoms with Crippen LogP contribution >= 0.6 is 0 Å². The number of amides is 4. The Balaban J connectivity index is 1.11. The predicted octanol–water partition coefficient (Wildman–Crippen LogP) is 7.05. The molecule has 0 saturated carbocycles. The monoisotopic (exact) mass is 752 g/mol. The van der Waals surface area contributed by atoms with Crippen LogP contribution in [-0.4, -0.2) is 53.4 Å². The summed E-state index contributed by atoms with van der Waals surface area (Å²) in [6.07, 6.45) is -1.32. The van der Waals surface area contributed by atoms with Crippen molar-refractivity contribution in [3.8, 4) is 11.1 Å². The molecule has 12 nitrogen and oxygen atoms in total. The molecule has 1 fully saturated rings. The number of benzene rings is 5. The first-order valence-electron chi connectivity index (χ1n) is 18.1. The highest BCUT2D eigenvalue weighted by molar-refractivity contribution is 6.13. The zero-order valence-corrected chi connectivity index (χ0v) is 30.4. The third-order valence-corrected chi connectivity index (χ3v) is 8.95. The number of imide groups is 1. The second-order valence-corrected chi connectivity index (χ2v) is 12.8. The maximum Gasteiger partial charge on any atom is 0.414 e. The van der Waals surface area contributed by atoms with E-state index in [1.54, 1.807) is 60.7 Å². The van der Waals surface area contributed by atoms with Gasteiger partial charge in [-0.3, -0.25) is 30.1 Å². The molecule has 56 heavy (non-hydrogen) atoms. The van der Waals surface area contributed by atoms with Gasteiger partial charge in [-0.25, -0.2) is 14.4 Å². The molecule has 0 spiro atoms. The van der Waals surface area contributed by atoms with Gasteiger partial charge in [0.2, 0.25) is 11.9 Å². The van der Waals surface area contributed by atoms with Crippen LogP contribution in [0.15, 0.2) is 151 Å². The highest BCUT2D eigenvalue weighted by atomic mass is 16.6. The molecule has 1 saturated heterocycles. The lowest BCUT2D eigenvalue weighted by atomic mass is 9.83. The minimum absolute atomic E-state index is 0.0175. The van der Waals surface area contributed by atoms with Crippen molar-refractivity contribution in [1.29, 1.82) is 0 Å². The molecule has 0 bridgehead atoms. The molecule has 284 valence electrons. The van der Waals surface area contributed by atoms with Crippen molar-refractivity contribution in [2.24, 2.45) is 10.9 Å². The van der Waals surface area contributed by atoms with Gasteiger partial charge in [-0.05, 0) is 52.8 Å². The van der Waals surface area contributed by atoms with E-state index >= 15 is 0 Å². The smallest absolute Gasteiger partial charge is 0.414 e. The van der Waals surface area contributed by atoms with E-state index in [1.807, 2.05) is 84.9 Å². The van der Waals surface area contributed by atoms with Crippen LogP contribution in [-0.2, 0) is 43.6 Å². The van der Waals surface area contributed by atoms with E-state index in [9.17, 15) is 24.0 Å². The van der Waals surface area contributed by atoms with Crippen LogP contribution < -0.4 is 10.6 Å². The first-order chi connectivity index (χ1) is 27.4. The highest BCUT2D eigenvalue weighted by Crippen LogP contribution is 2.34. The fraction of sp³-hybridized carbons (Fsp3) is 0.182. The summed E-state index contributed by atoms with van der Waals surface area (Å²) in [6.45, 7) is -0.0406. The van der Waals surface area contributed by atoms with E-state index in [2.05, 4.69) is 15.6 Å². The molecule has 1 aliphatic heterocycles. The van der Waals surface area contributed by atoms with Crippen LogP contribution in [0, 0.1) is 5.92 Å². The highest BCUT2D eigenvalue weighted by Gasteiger charge is 2.55. The van der Waals surface area contributed by atoms with Crippen molar-refractivity contribution in [1.82, 2.24) is 15.5 Å². The van der Waals surface area contributed by atoms with E-state index in [0.29, 0.717) is 0 Å². The minimum atomic E-state index is -1.16. The van der Waals surface area contributed by atoms with Gasteiger partial charge < -0.3 is 14.2 Å². The quantitative estimate of drug-likeness (QED) is 0.0247. The number of rotatable bonds is 13. The fourth-order valence-corrected chi connectivity index (χ4v) is 6.04. The second-order valence-electron chi connectivity index (χ2n) is 12.8. The van der Waals surface area contributed by atoms with E-state index in [-0.39, 0.29) is 50.7 Å². The third kappa shape index (κ3) is 10.5. The van der Waals surface area contributed by atoms with Gasteiger partial charge in [-0.2, -0.15) is 0 Å².